The Hall–Kier alpha value is -1.33. The molecule has 0 saturated heterocycles. The van der Waals surface area contributed by atoms with Gasteiger partial charge in [0, 0.05) is 12.1 Å². The molecule has 1 heterocycles. The summed E-state index contributed by atoms with van der Waals surface area (Å²) in [6, 6.07) is 5.31. The van der Waals surface area contributed by atoms with Crippen molar-refractivity contribution in [1.29, 1.82) is 0 Å². The van der Waals surface area contributed by atoms with Crippen LogP contribution in [-0.2, 0) is 11.3 Å². The minimum Gasteiger partial charge on any atom is -0.423 e. The highest BCUT2D eigenvalue weighted by Crippen LogP contribution is 2.11. The van der Waals surface area contributed by atoms with Crippen LogP contribution in [0.3, 0.4) is 0 Å². The fraction of sp³-hybridized carbons (Fsp3) is 0.462. The Morgan fingerprint density at radius 2 is 2.39 bits per heavy atom. The first-order valence-electron chi connectivity index (χ1n) is 6.32. The first-order valence-corrected chi connectivity index (χ1v) is 6.32. The van der Waals surface area contributed by atoms with Crippen molar-refractivity contribution in [2.45, 2.75) is 26.9 Å². The molecule has 1 unspecified atom stereocenters. The van der Waals surface area contributed by atoms with E-state index in [2.05, 4.69) is 19.2 Å². The molecule has 1 aliphatic rings. The summed E-state index contributed by atoms with van der Waals surface area (Å²) in [5, 5.41) is 12.5. The fourth-order valence-electron chi connectivity index (χ4n) is 1.87. The minimum absolute atomic E-state index is 0.0998. The summed E-state index contributed by atoms with van der Waals surface area (Å²) in [6.07, 6.45) is 1.04. The monoisotopic (exact) mass is 247 g/mol. The first kappa shape index (κ1) is 13.1. The smallest absolute Gasteiger partial charge is 0.423 e. The van der Waals surface area contributed by atoms with Crippen molar-refractivity contribution in [3.63, 3.8) is 0 Å². The van der Waals surface area contributed by atoms with Gasteiger partial charge in [-0.3, -0.25) is 4.79 Å². The van der Waals surface area contributed by atoms with Crippen molar-refractivity contribution in [2.24, 2.45) is 5.92 Å². The maximum Gasteiger partial charge on any atom is 0.491 e. The lowest BCUT2D eigenvalue weighted by Gasteiger charge is -2.10. The fourth-order valence-corrected chi connectivity index (χ4v) is 1.87. The number of carbonyl (C=O) groups excluding carboxylic acids is 1. The van der Waals surface area contributed by atoms with Crippen LogP contribution in [0.4, 0.5) is 0 Å². The Labute approximate surface area is 107 Å². The number of benzene rings is 1. The maximum atomic E-state index is 11.9. The van der Waals surface area contributed by atoms with Gasteiger partial charge in [0.05, 0.1) is 6.61 Å². The number of fused-ring (bicyclic) bond motifs is 1. The molecule has 0 aromatic heterocycles. The largest absolute Gasteiger partial charge is 0.491 e. The highest BCUT2D eigenvalue weighted by atomic mass is 16.5. The van der Waals surface area contributed by atoms with Gasteiger partial charge < -0.3 is 15.0 Å². The van der Waals surface area contributed by atoms with Gasteiger partial charge in [0.15, 0.2) is 0 Å². The molecule has 5 heteroatoms. The van der Waals surface area contributed by atoms with Gasteiger partial charge in [-0.2, -0.15) is 0 Å². The van der Waals surface area contributed by atoms with E-state index in [4.69, 9.17) is 4.65 Å². The molecule has 96 valence electrons. The zero-order valence-corrected chi connectivity index (χ0v) is 10.8. The third kappa shape index (κ3) is 2.74. The van der Waals surface area contributed by atoms with Gasteiger partial charge in [0.2, 0.25) is 0 Å². The molecular weight excluding hydrogens is 229 g/mol. The molecule has 0 saturated carbocycles. The summed E-state index contributed by atoms with van der Waals surface area (Å²) < 4.78 is 5.10. The van der Waals surface area contributed by atoms with Crippen LogP contribution < -0.4 is 10.8 Å². The van der Waals surface area contributed by atoms with Crippen LogP contribution in [0, 0.1) is 5.92 Å². The number of rotatable bonds is 4. The molecule has 0 radical (unpaired) electrons. The third-order valence-electron chi connectivity index (χ3n) is 3.38. The number of nitrogens with one attached hydrogen (secondary N) is 1. The molecular formula is C13H18BNO3. The molecule has 1 aromatic rings. The van der Waals surface area contributed by atoms with Crippen molar-refractivity contribution in [1.82, 2.24) is 5.32 Å². The summed E-state index contributed by atoms with van der Waals surface area (Å²) in [4.78, 5) is 11.9. The van der Waals surface area contributed by atoms with Crippen molar-refractivity contribution < 1.29 is 14.5 Å². The van der Waals surface area contributed by atoms with Crippen LogP contribution in [0.25, 0.3) is 0 Å². The van der Waals surface area contributed by atoms with Gasteiger partial charge in [0.25, 0.3) is 5.91 Å². The molecule has 2 N–H and O–H groups in total. The zero-order chi connectivity index (χ0) is 13.1. The van der Waals surface area contributed by atoms with E-state index in [0.29, 0.717) is 30.1 Å². The van der Waals surface area contributed by atoms with E-state index in [1.54, 1.807) is 12.1 Å². The van der Waals surface area contributed by atoms with Crippen LogP contribution in [0.1, 0.15) is 36.2 Å². The second-order valence-corrected chi connectivity index (χ2v) is 4.80. The number of amides is 1. The van der Waals surface area contributed by atoms with E-state index in [0.717, 1.165) is 12.0 Å². The van der Waals surface area contributed by atoms with Crippen LogP contribution in [0.15, 0.2) is 18.2 Å². The Balaban J connectivity index is 2.05. The molecule has 4 nitrogen and oxygen atoms in total. The van der Waals surface area contributed by atoms with E-state index in [9.17, 15) is 9.82 Å². The molecule has 2 rings (SSSR count). The van der Waals surface area contributed by atoms with Gasteiger partial charge in [-0.1, -0.05) is 26.3 Å². The average molecular weight is 247 g/mol. The lowest BCUT2D eigenvalue weighted by atomic mass is 9.79. The van der Waals surface area contributed by atoms with E-state index in [1.807, 2.05) is 6.07 Å². The average Bonchev–Trinajstić information content (AvgIpc) is 2.76. The summed E-state index contributed by atoms with van der Waals surface area (Å²) in [7, 11) is -0.901. The summed E-state index contributed by atoms with van der Waals surface area (Å²) >= 11 is 0. The molecule has 1 atom stereocenters. The normalized spacial score (nSPS) is 15.4. The quantitative estimate of drug-likeness (QED) is 0.769. The minimum atomic E-state index is -0.901. The van der Waals surface area contributed by atoms with Gasteiger partial charge in [-0.05, 0) is 29.1 Å². The standard InChI is InChI=1S/C13H18BNO3/c1-3-9(2)7-15-13(16)10-4-5-11-8-18-14(17)12(11)6-10/h4-6,9,17H,3,7-8H2,1-2H3,(H,15,16). The topological polar surface area (TPSA) is 58.6 Å². The molecule has 1 aliphatic heterocycles. The predicted octanol–water partition coefficient (Wildman–Crippen LogP) is 0.680. The SMILES string of the molecule is CCC(C)CNC(=O)c1ccc2c(c1)B(O)OC2. The van der Waals surface area contributed by atoms with Crippen LogP contribution in [0.2, 0.25) is 0 Å². The Morgan fingerprint density at radius 3 is 3.11 bits per heavy atom. The van der Waals surface area contributed by atoms with E-state index < -0.39 is 7.12 Å². The summed E-state index contributed by atoms with van der Waals surface area (Å²) in [5.74, 6) is 0.370. The molecule has 0 fully saturated rings. The Bertz CT molecular complexity index is 450. The van der Waals surface area contributed by atoms with Crippen LogP contribution in [0.5, 0.6) is 0 Å². The number of carbonyl (C=O) groups is 1. The maximum absolute atomic E-state index is 11.9. The molecule has 0 bridgehead atoms. The van der Waals surface area contributed by atoms with E-state index >= 15 is 0 Å². The van der Waals surface area contributed by atoms with Gasteiger partial charge in [0.1, 0.15) is 0 Å². The molecule has 1 aromatic carbocycles. The molecule has 0 aliphatic carbocycles. The van der Waals surface area contributed by atoms with Crippen LogP contribution >= 0.6 is 0 Å². The lowest BCUT2D eigenvalue weighted by Crippen LogP contribution is -2.32. The van der Waals surface area contributed by atoms with Crippen molar-refractivity contribution in [3.8, 4) is 0 Å². The summed E-state index contributed by atoms with van der Waals surface area (Å²) in [6.45, 7) is 5.28. The third-order valence-corrected chi connectivity index (χ3v) is 3.38. The predicted molar refractivity (Wildman–Crippen MR) is 70.6 cm³/mol. The Kier molecular flexibility index (Phi) is 4.04. The molecule has 1 amide bonds. The Morgan fingerprint density at radius 1 is 1.61 bits per heavy atom. The highest BCUT2D eigenvalue weighted by Gasteiger charge is 2.27. The second kappa shape index (κ2) is 5.54. The van der Waals surface area contributed by atoms with Crippen molar-refractivity contribution in [2.75, 3.05) is 6.54 Å². The highest BCUT2D eigenvalue weighted by molar-refractivity contribution is 6.61. The molecule has 18 heavy (non-hydrogen) atoms. The van der Waals surface area contributed by atoms with Crippen LogP contribution in [-0.4, -0.2) is 24.6 Å². The summed E-state index contributed by atoms with van der Waals surface area (Å²) in [5.41, 5.74) is 2.22. The molecule has 0 spiro atoms. The van der Waals surface area contributed by atoms with Gasteiger partial charge in [-0.15, -0.1) is 0 Å². The second-order valence-electron chi connectivity index (χ2n) is 4.80. The zero-order valence-electron chi connectivity index (χ0n) is 10.8. The van der Waals surface area contributed by atoms with Gasteiger partial charge >= 0.3 is 7.12 Å². The number of hydrogen-bond acceptors (Lipinski definition) is 3. The number of hydrogen-bond donors (Lipinski definition) is 2. The van der Waals surface area contributed by atoms with E-state index in [-0.39, 0.29) is 5.91 Å². The van der Waals surface area contributed by atoms with Crippen molar-refractivity contribution >= 4 is 18.5 Å². The van der Waals surface area contributed by atoms with Gasteiger partial charge in [-0.25, -0.2) is 0 Å². The lowest BCUT2D eigenvalue weighted by molar-refractivity contribution is 0.0948. The van der Waals surface area contributed by atoms with Crippen molar-refractivity contribution in [3.05, 3.63) is 29.3 Å². The first-order chi connectivity index (χ1) is 8.61. The van der Waals surface area contributed by atoms with E-state index in [1.165, 1.54) is 0 Å².